The van der Waals surface area contributed by atoms with E-state index in [1.54, 1.807) is 25.3 Å². The van der Waals surface area contributed by atoms with Crippen molar-refractivity contribution >= 4 is 5.97 Å². The van der Waals surface area contributed by atoms with Crippen molar-refractivity contribution in [2.24, 2.45) is 5.92 Å². The first-order valence-electron chi connectivity index (χ1n) is 6.60. The van der Waals surface area contributed by atoms with Crippen LogP contribution in [0.4, 0.5) is 0 Å². The summed E-state index contributed by atoms with van der Waals surface area (Å²) in [4.78, 5) is 27.1. The van der Waals surface area contributed by atoms with E-state index in [9.17, 15) is 9.59 Å². The van der Waals surface area contributed by atoms with Crippen LogP contribution in [0.5, 0.6) is 0 Å². The number of nitrogens with zero attached hydrogens (tertiary/aromatic N) is 2. The van der Waals surface area contributed by atoms with Crippen LogP contribution in [-0.2, 0) is 11.3 Å². The lowest BCUT2D eigenvalue weighted by molar-refractivity contribution is -0.138. The quantitative estimate of drug-likeness (QED) is 0.885. The van der Waals surface area contributed by atoms with Crippen molar-refractivity contribution in [3.05, 3.63) is 27.4 Å². The summed E-state index contributed by atoms with van der Waals surface area (Å²) in [6, 6.07) is 0. The van der Waals surface area contributed by atoms with Crippen LogP contribution in [0.2, 0.25) is 0 Å². The normalized spacial score (nSPS) is 14.2. The van der Waals surface area contributed by atoms with Gasteiger partial charge in [0.05, 0.1) is 5.92 Å². The van der Waals surface area contributed by atoms with E-state index in [4.69, 9.17) is 5.11 Å². The molecule has 1 aromatic rings. The second kappa shape index (κ2) is 5.99. The molecule has 1 heterocycles. The van der Waals surface area contributed by atoms with E-state index in [0.717, 1.165) is 6.42 Å². The number of rotatable bonds is 5. The SMILES string of the molecule is CCC(C)Cn1c(C)c(C(C)C(=O)O)c(C)nc1=O. The van der Waals surface area contributed by atoms with Crippen LogP contribution in [0.15, 0.2) is 4.79 Å². The Kier molecular flexibility index (Phi) is 4.86. The summed E-state index contributed by atoms with van der Waals surface area (Å²) in [6.07, 6.45) is 0.962. The van der Waals surface area contributed by atoms with Crippen LogP contribution in [0, 0.1) is 19.8 Å². The number of carboxylic acid groups (broad SMARTS) is 1. The fourth-order valence-corrected chi connectivity index (χ4v) is 2.22. The Labute approximate surface area is 113 Å². The Bertz CT molecular complexity index is 534. The highest BCUT2D eigenvalue weighted by Crippen LogP contribution is 2.21. The van der Waals surface area contributed by atoms with Gasteiger partial charge in [-0.3, -0.25) is 9.36 Å². The predicted octanol–water partition coefficient (Wildman–Crippen LogP) is 2.09. The van der Waals surface area contributed by atoms with E-state index in [0.29, 0.717) is 29.4 Å². The summed E-state index contributed by atoms with van der Waals surface area (Å²) < 4.78 is 1.59. The molecule has 0 aliphatic rings. The smallest absolute Gasteiger partial charge is 0.347 e. The van der Waals surface area contributed by atoms with Crippen molar-refractivity contribution in [1.82, 2.24) is 9.55 Å². The Morgan fingerprint density at radius 2 is 1.95 bits per heavy atom. The summed E-state index contributed by atoms with van der Waals surface area (Å²) in [7, 11) is 0. The van der Waals surface area contributed by atoms with Crippen molar-refractivity contribution in [2.75, 3.05) is 0 Å². The van der Waals surface area contributed by atoms with E-state index >= 15 is 0 Å². The van der Waals surface area contributed by atoms with Crippen LogP contribution in [-0.4, -0.2) is 20.6 Å². The zero-order chi connectivity index (χ0) is 14.7. The maximum Gasteiger partial charge on any atom is 0.347 e. The number of carboxylic acids is 1. The third kappa shape index (κ3) is 3.22. The molecule has 5 nitrogen and oxygen atoms in total. The van der Waals surface area contributed by atoms with Gasteiger partial charge >= 0.3 is 11.7 Å². The fraction of sp³-hybridized carbons (Fsp3) is 0.643. The lowest BCUT2D eigenvalue weighted by Crippen LogP contribution is -2.31. The number of hydrogen-bond donors (Lipinski definition) is 1. The second-order valence-electron chi connectivity index (χ2n) is 5.16. The molecule has 1 N–H and O–H groups in total. The van der Waals surface area contributed by atoms with Crippen molar-refractivity contribution in [1.29, 1.82) is 0 Å². The standard InChI is InChI=1S/C14H22N2O3/c1-6-8(2)7-16-11(5)12(9(3)13(17)18)10(4)15-14(16)19/h8-9H,6-7H2,1-5H3,(H,17,18). The maximum absolute atomic E-state index is 12.0. The summed E-state index contributed by atoms with van der Waals surface area (Å²) >= 11 is 0. The van der Waals surface area contributed by atoms with E-state index in [1.165, 1.54) is 0 Å². The number of aryl methyl sites for hydroxylation is 1. The van der Waals surface area contributed by atoms with Gasteiger partial charge in [-0.25, -0.2) is 4.79 Å². The van der Waals surface area contributed by atoms with Crippen molar-refractivity contribution in [3.8, 4) is 0 Å². The van der Waals surface area contributed by atoms with Crippen LogP contribution >= 0.6 is 0 Å². The van der Waals surface area contributed by atoms with Crippen molar-refractivity contribution in [3.63, 3.8) is 0 Å². The van der Waals surface area contributed by atoms with Gasteiger partial charge in [-0.2, -0.15) is 4.98 Å². The highest BCUT2D eigenvalue weighted by atomic mass is 16.4. The van der Waals surface area contributed by atoms with Crippen LogP contribution in [0.25, 0.3) is 0 Å². The topological polar surface area (TPSA) is 72.2 Å². The van der Waals surface area contributed by atoms with Gasteiger partial charge < -0.3 is 5.11 Å². The zero-order valence-electron chi connectivity index (χ0n) is 12.2. The zero-order valence-corrected chi connectivity index (χ0v) is 12.2. The maximum atomic E-state index is 12.0. The Hall–Kier alpha value is -1.65. The molecule has 0 aliphatic heterocycles. The molecule has 2 unspecified atom stereocenters. The van der Waals surface area contributed by atoms with E-state index < -0.39 is 11.9 Å². The molecule has 0 saturated heterocycles. The molecule has 0 aliphatic carbocycles. The highest BCUT2D eigenvalue weighted by Gasteiger charge is 2.22. The third-order valence-electron chi connectivity index (χ3n) is 3.67. The monoisotopic (exact) mass is 266 g/mol. The van der Waals surface area contributed by atoms with Gasteiger partial charge in [0.2, 0.25) is 0 Å². The number of aliphatic carboxylic acids is 1. The molecular formula is C14H22N2O3. The average Bonchev–Trinajstić information content (AvgIpc) is 2.33. The summed E-state index contributed by atoms with van der Waals surface area (Å²) in [6.45, 7) is 9.81. The van der Waals surface area contributed by atoms with E-state index in [2.05, 4.69) is 18.8 Å². The highest BCUT2D eigenvalue weighted by molar-refractivity contribution is 5.76. The third-order valence-corrected chi connectivity index (χ3v) is 3.67. The van der Waals surface area contributed by atoms with Gasteiger partial charge in [0, 0.05) is 23.5 Å². The Balaban J connectivity index is 3.38. The minimum atomic E-state index is -0.901. The molecule has 5 heteroatoms. The van der Waals surface area contributed by atoms with Gasteiger partial charge in [0.25, 0.3) is 0 Å². The van der Waals surface area contributed by atoms with Crippen molar-refractivity contribution < 1.29 is 9.90 Å². The van der Waals surface area contributed by atoms with Crippen molar-refractivity contribution in [2.45, 2.75) is 53.5 Å². The summed E-state index contributed by atoms with van der Waals surface area (Å²) in [5, 5.41) is 9.16. The molecular weight excluding hydrogens is 244 g/mol. The van der Waals surface area contributed by atoms with Gasteiger partial charge in [-0.15, -0.1) is 0 Å². The first-order chi connectivity index (χ1) is 8.79. The molecule has 0 aromatic carbocycles. The van der Waals surface area contributed by atoms with Crippen LogP contribution < -0.4 is 5.69 Å². The van der Waals surface area contributed by atoms with Gasteiger partial charge in [0.15, 0.2) is 0 Å². The van der Waals surface area contributed by atoms with Crippen LogP contribution in [0.3, 0.4) is 0 Å². The molecule has 0 saturated carbocycles. The van der Waals surface area contributed by atoms with E-state index in [-0.39, 0.29) is 5.69 Å². The molecule has 106 valence electrons. The van der Waals surface area contributed by atoms with Gasteiger partial charge in [-0.1, -0.05) is 20.3 Å². The largest absolute Gasteiger partial charge is 0.481 e. The fourth-order valence-electron chi connectivity index (χ4n) is 2.22. The summed E-state index contributed by atoms with van der Waals surface area (Å²) in [5.41, 5.74) is 1.58. The molecule has 19 heavy (non-hydrogen) atoms. The molecule has 1 aromatic heterocycles. The Morgan fingerprint density at radius 1 is 1.37 bits per heavy atom. The lowest BCUT2D eigenvalue weighted by atomic mass is 9.97. The minimum Gasteiger partial charge on any atom is -0.481 e. The minimum absolute atomic E-state index is 0.295. The molecule has 0 radical (unpaired) electrons. The number of carbonyl (C=O) groups is 1. The molecule has 2 atom stereocenters. The lowest BCUT2D eigenvalue weighted by Gasteiger charge is -2.19. The first kappa shape index (κ1) is 15.4. The predicted molar refractivity (Wildman–Crippen MR) is 73.5 cm³/mol. The first-order valence-corrected chi connectivity index (χ1v) is 6.60. The Morgan fingerprint density at radius 3 is 2.42 bits per heavy atom. The van der Waals surface area contributed by atoms with Gasteiger partial charge in [-0.05, 0) is 26.7 Å². The number of hydrogen-bond acceptors (Lipinski definition) is 3. The van der Waals surface area contributed by atoms with Gasteiger partial charge in [0.1, 0.15) is 0 Å². The van der Waals surface area contributed by atoms with E-state index in [1.807, 2.05) is 0 Å². The molecule has 0 spiro atoms. The second-order valence-corrected chi connectivity index (χ2v) is 5.16. The molecule has 1 rings (SSSR count). The average molecular weight is 266 g/mol. The van der Waals surface area contributed by atoms with Crippen LogP contribution in [0.1, 0.15) is 50.1 Å². The molecule has 0 fully saturated rings. The summed E-state index contributed by atoms with van der Waals surface area (Å²) in [5.74, 6) is -1.20. The molecule has 0 bridgehead atoms. The number of aromatic nitrogens is 2. The molecule has 0 amide bonds.